The molecule has 0 N–H and O–H groups in total. The highest BCUT2D eigenvalue weighted by Gasteiger charge is 2.26. The molecule has 3 heterocycles. The van der Waals surface area contributed by atoms with Gasteiger partial charge in [-0.05, 0) is 42.7 Å². The first-order valence-corrected chi connectivity index (χ1v) is 11.6. The summed E-state index contributed by atoms with van der Waals surface area (Å²) in [6, 6.07) is 9.17. The fourth-order valence-corrected chi connectivity index (χ4v) is 4.52. The van der Waals surface area contributed by atoms with E-state index in [1.165, 1.54) is 24.3 Å². The lowest BCUT2D eigenvalue weighted by molar-refractivity contribution is 0.0592. The molecule has 0 bridgehead atoms. The zero-order valence-corrected chi connectivity index (χ0v) is 20.7. The van der Waals surface area contributed by atoms with Crippen LogP contribution >= 0.6 is 0 Å². The molecule has 0 unspecified atom stereocenters. The maximum atomic E-state index is 13.0. The minimum Gasteiger partial charge on any atom is -0.496 e. The van der Waals surface area contributed by atoms with Gasteiger partial charge in [-0.1, -0.05) is 12.1 Å². The Morgan fingerprint density at radius 3 is 2.60 bits per heavy atom. The average molecular weight is 478 g/mol. The standard InChI is InChI=1S/C27H31N3O5/c1-18-19(2)23(33-3)8-7-21(18)16-29-11-9-22-26(27(32)34-4)24(14-25(31)30(22)13-12-29)35-17-20-6-5-10-28-15-20/h5-8,10,14-15H,9,11-13,16-17H2,1-4H3. The van der Waals surface area contributed by atoms with Gasteiger partial charge in [0, 0.05) is 62.3 Å². The van der Waals surface area contributed by atoms with Crippen LogP contribution in [0.15, 0.2) is 47.5 Å². The SMILES string of the molecule is COC(=O)c1c(OCc2cccnc2)cc(=O)n2c1CCN(Cc1ccc(OC)c(C)c1C)CC2. The molecule has 8 nitrogen and oxygen atoms in total. The van der Waals surface area contributed by atoms with Gasteiger partial charge in [0.25, 0.3) is 5.56 Å². The first-order chi connectivity index (χ1) is 16.9. The Morgan fingerprint density at radius 2 is 1.89 bits per heavy atom. The summed E-state index contributed by atoms with van der Waals surface area (Å²) in [5.74, 6) is 0.611. The van der Waals surface area contributed by atoms with E-state index < -0.39 is 5.97 Å². The molecule has 1 aliphatic heterocycles. The number of rotatable bonds is 7. The monoisotopic (exact) mass is 477 g/mol. The summed E-state index contributed by atoms with van der Waals surface area (Å²) in [5, 5.41) is 0. The Bertz CT molecular complexity index is 1270. The lowest BCUT2D eigenvalue weighted by Crippen LogP contribution is -2.29. The summed E-state index contributed by atoms with van der Waals surface area (Å²) in [7, 11) is 3.02. The van der Waals surface area contributed by atoms with Crippen molar-refractivity contribution in [1.82, 2.24) is 14.5 Å². The van der Waals surface area contributed by atoms with Crippen molar-refractivity contribution in [3.8, 4) is 11.5 Å². The minimum atomic E-state index is -0.509. The number of benzene rings is 1. The topological polar surface area (TPSA) is 82.9 Å². The Kier molecular flexibility index (Phi) is 7.51. The Labute approximate surface area is 205 Å². The molecule has 8 heteroatoms. The summed E-state index contributed by atoms with van der Waals surface area (Å²) in [6.07, 6.45) is 3.89. The number of pyridine rings is 2. The number of fused-ring (bicyclic) bond motifs is 1. The number of esters is 1. The van der Waals surface area contributed by atoms with E-state index in [4.69, 9.17) is 14.2 Å². The van der Waals surface area contributed by atoms with Gasteiger partial charge >= 0.3 is 5.97 Å². The number of carbonyl (C=O) groups is 1. The summed E-state index contributed by atoms with van der Waals surface area (Å²) in [6.45, 7) is 6.97. The molecule has 0 aliphatic carbocycles. The second kappa shape index (κ2) is 10.7. The van der Waals surface area contributed by atoms with Crippen molar-refractivity contribution >= 4 is 5.97 Å². The maximum Gasteiger partial charge on any atom is 0.343 e. The third kappa shape index (κ3) is 5.22. The largest absolute Gasteiger partial charge is 0.496 e. The van der Waals surface area contributed by atoms with Crippen molar-refractivity contribution in [1.29, 1.82) is 0 Å². The first-order valence-electron chi connectivity index (χ1n) is 11.6. The Morgan fingerprint density at radius 1 is 1.06 bits per heavy atom. The van der Waals surface area contributed by atoms with Crippen LogP contribution in [-0.4, -0.2) is 47.7 Å². The van der Waals surface area contributed by atoms with Gasteiger partial charge in [0.2, 0.25) is 0 Å². The number of hydrogen-bond acceptors (Lipinski definition) is 7. The van der Waals surface area contributed by atoms with Crippen molar-refractivity contribution in [3.63, 3.8) is 0 Å². The van der Waals surface area contributed by atoms with Crippen LogP contribution in [0, 0.1) is 13.8 Å². The van der Waals surface area contributed by atoms with Crippen LogP contribution in [0.2, 0.25) is 0 Å². The highest BCUT2D eigenvalue weighted by atomic mass is 16.5. The molecule has 0 radical (unpaired) electrons. The van der Waals surface area contributed by atoms with Gasteiger partial charge in [0.1, 0.15) is 23.7 Å². The molecule has 0 atom stereocenters. The molecule has 0 fully saturated rings. The highest BCUT2D eigenvalue weighted by molar-refractivity contribution is 5.93. The van der Waals surface area contributed by atoms with E-state index in [9.17, 15) is 9.59 Å². The van der Waals surface area contributed by atoms with E-state index in [0.717, 1.165) is 23.4 Å². The molecule has 35 heavy (non-hydrogen) atoms. The average Bonchev–Trinajstić information content (AvgIpc) is 3.09. The summed E-state index contributed by atoms with van der Waals surface area (Å²) >= 11 is 0. The van der Waals surface area contributed by atoms with Crippen LogP contribution in [-0.2, 0) is 30.9 Å². The first kappa shape index (κ1) is 24.5. The van der Waals surface area contributed by atoms with Crippen LogP contribution in [0.25, 0.3) is 0 Å². The fraction of sp³-hybridized carbons (Fsp3) is 0.370. The van der Waals surface area contributed by atoms with Crippen molar-refractivity contribution < 1.29 is 19.0 Å². The number of carbonyl (C=O) groups excluding carboxylic acids is 1. The second-order valence-corrected chi connectivity index (χ2v) is 8.66. The van der Waals surface area contributed by atoms with Crippen molar-refractivity contribution in [2.75, 3.05) is 27.3 Å². The third-order valence-corrected chi connectivity index (χ3v) is 6.66. The van der Waals surface area contributed by atoms with E-state index in [0.29, 0.717) is 37.3 Å². The van der Waals surface area contributed by atoms with Crippen molar-refractivity contribution in [2.24, 2.45) is 0 Å². The van der Waals surface area contributed by atoms with E-state index in [-0.39, 0.29) is 17.9 Å². The van der Waals surface area contributed by atoms with E-state index in [2.05, 4.69) is 29.8 Å². The van der Waals surface area contributed by atoms with Gasteiger partial charge in [0.15, 0.2) is 0 Å². The van der Waals surface area contributed by atoms with E-state index >= 15 is 0 Å². The number of methoxy groups -OCH3 is 2. The molecule has 0 amide bonds. The van der Waals surface area contributed by atoms with Gasteiger partial charge in [-0.15, -0.1) is 0 Å². The molecule has 184 valence electrons. The summed E-state index contributed by atoms with van der Waals surface area (Å²) in [5.41, 5.74) is 5.16. The molecular formula is C27H31N3O5. The minimum absolute atomic E-state index is 0.188. The molecule has 0 spiro atoms. The summed E-state index contributed by atoms with van der Waals surface area (Å²) < 4.78 is 18.1. The zero-order chi connectivity index (χ0) is 24.9. The van der Waals surface area contributed by atoms with Crippen LogP contribution in [0.1, 0.15) is 38.3 Å². The van der Waals surface area contributed by atoms with Crippen LogP contribution in [0.3, 0.4) is 0 Å². The second-order valence-electron chi connectivity index (χ2n) is 8.66. The smallest absolute Gasteiger partial charge is 0.343 e. The van der Waals surface area contributed by atoms with Gasteiger partial charge in [0.05, 0.1) is 14.2 Å². The zero-order valence-electron chi connectivity index (χ0n) is 20.7. The van der Waals surface area contributed by atoms with Crippen LogP contribution < -0.4 is 15.0 Å². The van der Waals surface area contributed by atoms with Gasteiger partial charge < -0.3 is 18.8 Å². The molecule has 2 aromatic heterocycles. The lowest BCUT2D eigenvalue weighted by Gasteiger charge is -2.22. The number of ether oxygens (including phenoxy) is 3. The van der Waals surface area contributed by atoms with Gasteiger partial charge in [-0.2, -0.15) is 0 Å². The maximum absolute atomic E-state index is 13.0. The van der Waals surface area contributed by atoms with Gasteiger partial charge in [-0.3, -0.25) is 14.7 Å². The van der Waals surface area contributed by atoms with E-state index in [1.54, 1.807) is 24.1 Å². The van der Waals surface area contributed by atoms with Gasteiger partial charge in [-0.25, -0.2) is 4.79 Å². The quantitative estimate of drug-likeness (QED) is 0.483. The van der Waals surface area contributed by atoms with Crippen molar-refractivity contribution in [2.45, 2.75) is 40.0 Å². The molecule has 3 aromatic rings. The van der Waals surface area contributed by atoms with Crippen LogP contribution in [0.4, 0.5) is 0 Å². The predicted molar refractivity (Wildman–Crippen MR) is 132 cm³/mol. The molecule has 0 saturated carbocycles. The normalized spacial score (nSPS) is 13.6. The molecule has 0 saturated heterocycles. The fourth-order valence-electron chi connectivity index (χ4n) is 4.52. The Balaban J connectivity index is 1.60. The molecule has 4 rings (SSSR count). The predicted octanol–water partition coefficient (Wildman–Crippen LogP) is 3.29. The third-order valence-electron chi connectivity index (χ3n) is 6.66. The number of hydrogen-bond donors (Lipinski definition) is 0. The Hall–Kier alpha value is -3.65. The number of aromatic nitrogens is 2. The molecule has 1 aliphatic rings. The van der Waals surface area contributed by atoms with Crippen molar-refractivity contribution in [3.05, 3.63) is 86.6 Å². The lowest BCUT2D eigenvalue weighted by atomic mass is 10.0. The molecule has 1 aromatic carbocycles. The highest BCUT2D eigenvalue weighted by Crippen LogP contribution is 2.27. The number of nitrogens with zero attached hydrogens (tertiary/aromatic N) is 3. The van der Waals surface area contributed by atoms with E-state index in [1.807, 2.05) is 18.2 Å². The summed E-state index contributed by atoms with van der Waals surface area (Å²) in [4.78, 5) is 32.2. The van der Waals surface area contributed by atoms with Crippen LogP contribution in [0.5, 0.6) is 11.5 Å². The molecular weight excluding hydrogens is 446 g/mol.